The van der Waals surface area contributed by atoms with Crippen LogP contribution in [-0.4, -0.2) is 33.0 Å². The second-order valence-electron chi connectivity index (χ2n) is 6.07. The number of halogens is 2. The predicted molar refractivity (Wildman–Crippen MR) is 90.7 cm³/mol. The number of nitrogens with zero attached hydrogens (tertiary/aromatic N) is 2. The van der Waals surface area contributed by atoms with Crippen molar-refractivity contribution in [2.24, 2.45) is 5.92 Å². The van der Waals surface area contributed by atoms with E-state index in [1.807, 2.05) is 12.1 Å². The summed E-state index contributed by atoms with van der Waals surface area (Å²) in [4.78, 5) is 5.78. The molecule has 1 aliphatic rings. The molecule has 0 amide bonds. The summed E-state index contributed by atoms with van der Waals surface area (Å²) in [5.74, 6) is -1.72. The first-order valence-electron chi connectivity index (χ1n) is 8.05. The summed E-state index contributed by atoms with van der Waals surface area (Å²) < 4.78 is 53.4. The van der Waals surface area contributed by atoms with Crippen molar-refractivity contribution in [1.29, 1.82) is 0 Å². The van der Waals surface area contributed by atoms with Crippen molar-refractivity contribution in [2.75, 3.05) is 24.5 Å². The minimum atomic E-state index is -3.99. The van der Waals surface area contributed by atoms with Gasteiger partial charge in [-0.15, -0.1) is 0 Å². The van der Waals surface area contributed by atoms with Crippen molar-refractivity contribution in [3.63, 3.8) is 0 Å². The molecule has 1 saturated heterocycles. The van der Waals surface area contributed by atoms with Crippen LogP contribution in [-0.2, 0) is 10.0 Å². The normalized spacial score (nSPS) is 16.2. The molecule has 0 radical (unpaired) electrons. The zero-order valence-electron chi connectivity index (χ0n) is 13.5. The molecule has 1 N–H and O–H groups in total. The lowest BCUT2D eigenvalue weighted by atomic mass is 9.97. The summed E-state index contributed by atoms with van der Waals surface area (Å²) in [7, 11) is -3.99. The van der Waals surface area contributed by atoms with E-state index in [4.69, 9.17) is 0 Å². The van der Waals surface area contributed by atoms with Crippen LogP contribution in [0, 0.1) is 17.6 Å². The average Bonchev–Trinajstić information content (AvgIpc) is 2.61. The van der Waals surface area contributed by atoms with E-state index in [0.29, 0.717) is 6.07 Å². The molecule has 1 fully saturated rings. The van der Waals surface area contributed by atoms with Gasteiger partial charge in [0.25, 0.3) is 0 Å². The van der Waals surface area contributed by atoms with Crippen molar-refractivity contribution < 1.29 is 17.2 Å². The first-order valence-corrected chi connectivity index (χ1v) is 9.54. The smallest absolute Gasteiger partial charge is 0.243 e. The van der Waals surface area contributed by atoms with Gasteiger partial charge >= 0.3 is 0 Å². The van der Waals surface area contributed by atoms with Crippen LogP contribution in [0.25, 0.3) is 0 Å². The fourth-order valence-corrected chi connectivity index (χ4v) is 4.11. The van der Waals surface area contributed by atoms with Crippen LogP contribution in [0.15, 0.2) is 47.6 Å². The number of hydrogen-bond donors (Lipinski definition) is 1. The van der Waals surface area contributed by atoms with E-state index in [1.54, 1.807) is 12.4 Å². The second kappa shape index (κ2) is 7.45. The Hall–Kier alpha value is -2.06. The van der Waals surface area contributed by atoms with E-state index in [-0.39, 0.29) is 12.5 Å². The lowest BCUT2D eigenvalue weighted by Gasteiger charge is -2.33. The van der Waals surface area contributed by atoms with Crippen molar-refractivity contribution >= 4 is 15.7 Å². The summed E-state index contributed by atoms with van der Waals surface area (Å²) in [5, 5.41) is 0. The van der Waals surface area contributed by atoms with Gasteiger partial charge < -0.3 is 4.90 Å². The number of nitrogens with one attached hydrogen (secondary N) is 1. The van der Waals surface area contributed by atoms with E-state index in [1.165, 1.54) is 0 Å². The summed E-state index contributed by atoms with van der Waals surface area (Å²) in [6.45, 7) is 1.85. The SMILES string of the molecule is O=S(=O)(NCC1CCN(c2cccnc2)CC1)c1ccc(F)cc1F. The van der Waals surface area contributed by atoms with Crippen LogP contribution in [0.1, 0.15) is 12.8 Å². The summed E-state index contributed by atoms with van der Waals surface area (Å²) in [5.41, 5.74) is 1.05. The van der Waals surface area contributed by atoms with Crippen LogP contribution in [0.2, 0.25) is 0 Å². The van der Waals surface area contributed by atoms with Gasteiger partial charge in [0.2, 0.25) is 10.0 Å². The van der Waals surface area contributed by atoms with E-state index in [9.17, 15) is 17.2 Å². The van der Waals surface area contributed by atoms with Gasteiger partial charge in [0.15, 0.2) is 0 Å². The summed E-state index contributed by atoms with van der Waals surface area (Å²) in [6.07, 6.45) is 5.17. The highest BCUT2D eigenvalue weighted by atomic mass is 32.2. The zero-order chi connectivity index (χ0) is 17.9. The summed E-state index contributed by atoms with van der Waals surface area (Å²) >= 11 is 0. The molecule has 8 heteroatoms. The van der Waals surface area contributed by atoms with Gasteiger partial charge in [0, 0.05) is 31.9 Å². The van der Waals surface area contributed by atoms with Gasteiger partial charge in [-0.25, -0.2) is 21.9 Å². The second-order valence-corrected chi connectivity index (χ2v) is 7.80. The van der Waals surface area contributed by atoms with Crippen LogP contribution in [0.3, 0.4) is 0 Å². The molecule has 0 saturated carbocycles. The molecule has 0 unspecified atom stereocenters. The Morgan fingerprint density at radius 1 is 1.20 bits per heavy atom. The number of aromatic nitrogens is 1. The number of rotatable bonds is 5. The Bertz CT molecular complexity index is 823. The van der Waals surface area contributed by atoms with Gasteiger partial charge in [-0.2, -0.15) is 0 Å². The van der Waals surface area contributed by atoms with Crippen molar-refractivity contribution in [3.8, 4) is 0 Å². The molecular formula is C17H19F2N3O2S. The maximum Gasteiger partial charge on any atom is 0.243 e. The number of sulfonamides is 1. The van der Waals surface area contributed by atoms with E-state index in [0.717, 1.165) is 43.8 Å². The monoisotopic (exact) mass is 367 g/mol. The standard InChI is InChI=1S/C17H19F2N3O2S/c18-14-3-4-17(16(19)10-14)25(23,24)21-11-13-5-8-22(9-6-13)15-2-1-7-20-12-15/h1-4,7,10,12-13,21H,5-6,8-9,11H2. The molecule has 2 aromatic rings. The molecule has 1 aromatic heterocycles. The van der Waals surface area contributed by atoms with Crippen LogP contribution in [0.5, 0.6) is 0 Å². The molecule has 0 bridgehead atoms. The molecule has 1 aromatic carbocycles. The highest BCUT2D eigenvalue weighted by molar-refractivity contribution is 7.89. The third kappa shape index (κ3) is 4.32. The fourth-order valence-electron chi connectivity index (χ4n) is 2.93. The number of anilines is 1. The number of benzene rings is 1. The highest BCUT2D eigenvalue weighted by Crippen LogP contribution is 2.23. The molecule has 1 aliphatic heterocycles. The molecule has 0 spiro atoms. The minimum absolute atomic E-state index is 0.172. The lowest BCUT2D eigenvalue weighted by molar-refractivity contribution is 0.401. The highest BCUT2D eigenvalue weighted by Gasteiger charge is 2.24. The van der Waals surface area contributed by atoms with E-state index < -0.39 is 26.6 Å². The third-order valence-corrected chi connectivity index (χ3v) is 5.83. The number of pyridine rings is 1. The quantitative estimate of drug-likeness (QED) is 0.882. The molecule has 3 rings (SSSR count). The van der Waals surface area contributed by atoms with Crippen molar-refractivity contribution in [1.82, 2.24) is 9.71 Å². The Balaban J connectivity index is 1.56. The molecule has 25 heavy (non-hydrogen) atoms. The number of hydrogen-bond acceptors (Lipinski definition) is 4. The van der Waals surface area contributed by atoms with Crippen molar-refractivity contribution in [2.45, 2.75) is 17.7 Å². The fraction of sp³-hybridized carbons (Fsp3) is 0.353. The van der Waals surface area contributed by atoms with Gasteiger partial charge in [0.05, 0.1) is 11.9 Å². The minimum Gasteiger partial charge on any atom is -0.370 e. The van der Waals surface area contributed by atoms with E-state index >= 15 is 0 Å². The first-order chi connectivity index (χ1) is 12.0. The Labute approximate surface area is 145 Å². The molecule has 0 atom stereocenters. The lowest BCUT2D eigenvalue weighted by Crippen LogP contribution is -2.38. The molecule has 0 aliphatic carbocycles. The largest absolute Gasteiger partial charge is 0.370 e. The number of piperidine rings is 1. The summed E-state index contributed by atoms with van der Waals surface area (Å²) in [6, 6.07) is 6.32. The van der Waals surface area contributed by atoms with Crippen LogP contribution >= 0.6 is 0 Å². The Morgan fingerprint density at radius 2 is 1.96 bits per heavy atom. The zero-order valence-corrected chi connectivity index (χ0v) is 14.3. The molecular weight excluding hydrogens is 348 g/mol. The molecule has 134 valence electrons. The van der Waals surface area contributed by atoms with Gasteiger partial charge in [0.1, 0.15) is 16.5 Å². The van der Waals surface area contributed by atoms with Crippen molar-refractivity contribution in [3.05, 3.63) is 54.4 Å². The first kappa shape index (κ1) is 17.8. The van der Waals surface area contributed by atoms with Gasteiger partial charge in [-0.05, 0) is 43.0 Å². The topological polar surface area (TPSA) is 62.3 Å². The maximum atomic E-state index is 13.7. The molecule has 5 nitrogen and oxygen atoms in total. The van der Waals surface area contributed by atoms with Gasteiger partial charge in [-0.1, -0.05) is 0 Å². The third-order valence-electron chi connectivity index (χ3n) is 4.37. The predicted octanol–water partition coefficient (Wildman–Crippen LogP) is 2.55. The molecule has 2 heterocycles. The van der Waals surface area contributed by atoms with Gasteiger partial charge in [-0.3, -0.25) is 4.98 Å². The Morgan fingerprint density at radius 3 is 2.60 bits per heavy atom. The van der Waals surface area contributed by atoms with E-state index in [2.05, 4.69) is 14.6 Å². The average molecular weight is 367 g/mol. The maximum absolute atomic E-state index is 13.7. The van der Waals surface area contributed by atoms with Crippen LogP contribution in [0.4, 0.5) is 14.5 Å². The van der Waals surface area contributed by atoms with Crippen LogP contribution < -0.4 is 9.62 Å². The Kier molecular flexibility index (Phi) is 5.29.